The minimum Gasteiger partial charge on any atom is -0.344 e. The average molecular weight is 405 g/mol. The van der Waals surface area contributed by atoms with Crippen LogP contribution in [0.4, 0.5) is 0 Å². The van der Waals surface area contributed by atoms with E-state index in [0.717, 1.165) is 23.2 Å². The molecule has 3 N–H and O–H groups in total. The van der Waals surface area contributed by atoms with Crippen LogP contribution in [0.1, 0.15) is 29.2 Å². The zero-order valence-corrected chi connectivity index (χ0v) is 17.8. The molecule has 0 unspecified atom stereocenters. The molecular formula is C21H30N3O3S+. The SMILES string of the molecule is Cc1ccc(S(=O)(=O)NCCC(=O)N[C@@H](C[NH+](C)C)c2ccccc2)cc1C. The van der Waals surface area contributed by atoms with E-state index >= 15 is 0 Å². The zero-order chi connectivity index (χ0) is 20.7. The van der Waals surface area contributed by atoms with Gasteiger partial charge in [-0.2, -0.15) is 0 Å². The first kappa shape index (κ1) is 22.1. The van der Waals surface area contributed by atoms with Crippen LogP contribution < -0.4 is 14.9 Å². The van der Waals surface area contributed by atoms with Crippen LogP contribution in [0.3, 0.4) is 0 Å². The van der Waals surface area contributed by atoms with Crippen LogP contribution in [-0.4, -0.2) is 41.5 Å². The number of likely N-dealkylation sites (N-methyl/N-ethyl adjacent to an activating group) is 1. The molecule has 28 heavy (non-hydrogen) atoms. The summed E-state index contributed by atoms with van der Waals surface area (Å²) in [5.41, 5.74) is 2.98. The van der Waals surface area contributed by atoms with Gasteiger partial charge in [0.05, 0.1) is 19.0 Å². The number of sulfonamides is 1. The van der Waals surface area contributed by atoms with Gasteiger partial charge >= 0.3 is 0 Å². The molecule has 0 fully saturated rings. The Hall–Kier alpha value is -2.22. The van der Waals surface area contributed by atoms with Crippen molar-refractivity contribution in [3.05, 3.63) is 65.2 Å². The predicted octanol–water partition coefficient (Wildman–Crippen LogP) is 0.974. The van der Waals surface area contributed by atoms with E-state index in [9.17, 15) is 13.2 Å². The summed E-state index contributed by atoms with van der Waals surface area (Å²) >= 11 is 0. The Morgan fingerprint density at radius 2 is 1.71 bits per heavy atom. The van der Waals surface area contributed by atoms with Gasteiger partial charge < -0.3 is 10.2 Å². The maximum absolute atomic E-state index is 12.4. The molecule has 1 amide bonds. The summed E-state index contributed by atoms with van der Waals surface area (Å²) < 4.78 is 27.4. The maximum Gasteiger partial charge on any atom is 0.240 e. The number of hydrogen-bond donors (Lipinski definition) is 3. The van der Waals surface area contributed by atoms with Gasteiger partial charge in [-0.25, -0.2) is 13.1 Å². The summed E-state index contributed by atoms with van der Waals surface area (Å²) in [5, 5.41) is 3.01. The Balaban J connectivity index is 1.94. The monoisotopic (exact) mass is 404 g/mol. The van der Waals surface area contributed by atoms with Crippen molar-refractivity contribution in [2.45, 2.75) is 31.2 Å². The van der Waals surface area contributed by atoms with Gasteiger partial charge in [0.1, 0.15) is 12.6 Å². The second-order valence-corrected chi connectivity index (χ2v) is 9.10. The Morgan fingerprint density at radius 3 is 2.32 bits per heavy atom. The highest BCUT2D eigenvalue weighted by atomic mass is 32.2. The van der Waals surface area contributed by atoms with E-state index in [2.05, 4.69) is 10.0 Å². The van der Waals surface area contributed by atoms with E-state index in [-0.39, 0.29) is 29.8 Å². The third kappa shape index (κ3) is 6.44. The smallest absolute Gasteiger partial charge is 0.240 e. The molecule has 2 aromatic carbocycles. The third-order valence-electron chi connectivity index (χ3n) is 4.58. The number of hydrogen-bond acceptors (Lipinski definition) is 3. The van der Waals surface area contributed by atoms with Crippen LogP contribution in [0.5, 0.6) is 0 Å². The quantitative estimate of drug-likeness (QED) is 0.583. The molecule has 0 radical (unpaired) electrons. The molecule has 0 aliphatic rings. The molecule has 0 aliphatic carbocycles. The molecule has 2 aromatic rings. The normalized spacial score (nSPS) is 12.8. The number of amides is 1. The first-order valence-electron chi connectivity index (χ1n) is 9.39. The molecular weight excluding hydrogens is 374 g/mol. The van der Waals surface area contributed by atoms with Gasteiger partial charge in [-0.3, -0.25) is 4.79 Å². The molecule has 1 atom stereocenters. The van der Waals surface area contributed by atoms with Crippen LogP contribution in [-0.2, 0) is 14.8 Å². The number of rotatable bonds is 9. The van der Waals surface area contributed by atoms with Crippen molar-refractivity contribution >= 4 is 15.9 Å². The lowest BCUT2D eigenvalue weighted by atomic mass is 10.1. The lowest BCUT2D eigenvalue weighted by molar-refractivity contribution is -0.860. The van der Waals surface area contributed by atoms with Gasteiger partial charge in [0.15, 0.2) is 0 Å². The molecule has 2 rings (SSSR count). The summed E-state index contributed by atoms with van der Waals surface area (Å²) in [6.07, 6.45) is 0.0795. The number of aryl methyl sites for hydroxylation is 2. The number of quaternary nitrogens is 1. The van der Waals surface area contributed by atoms with E-state index in [1.54, 1.807) is 18.2 Å². The van der Waals surface area contributed by atoms with Crippen LogP contribution in [0.25, 0.3) is 0 Å². The first-order valence-corrected chi connectivity index (χ1v) is 10.9. The highest BCUT2D eigenvalue weighted by Gasteiger charge is 2.19. The molecule has 0 heterocycles. The predicted molar refractivity (Wildman–Crippen MR) is 111 cm³/mol. The van der Waals surface area contributed by atoms with Crippen molar-refractivity contribution in [2.24, 2.45) is 0 Å². The van der Waals surface area contributed by atoms with Gasteiger partial charge in [0.2, 0.25) is 15.9 Å². The Kier molecular flexibility index (Phi) is 7.74. The van der Waals surface area contributed by atoms with E-state index in [0.29, 0.717) is 0 Å². The molecule has 0 bridgehead atoms. The highest BCUT2D eigenvalue weighted by Crippen LogP contribution is 2.14. The summed E-state index contributed by atoms with van der Waals surface area (Å²) in [7, 11) is 0.426. The second-order valence-electron chi connectivity index (χ2n) is 7.34. The molecule has 152 valence electrons. The standard InChI is InChI=1S/C21H29N3O3S/c1-16-10-11-19(14-17(16)2)28(26,27)22-13-12-21(25)23-20(15-24(3)4)18-8-6-5-7-9-18/h5-11,14,20,22H,12-13,15H2,1-4H3,(H,23,25)/p+1/t20-/m0/s1. The van der Waals surface area contributed by atoms with E-state index in [1.165, 1.54) is 4.90 Å². The lowest BCUT2D eigenvalue weighted by Gasteiger charge is -2.21. The molecule has 7 heteroatoms. The number of carbonyl (C=O) groups excluding carboxylic acids is 1. The summed E-state index contributed by atoms with van der Waals surface area (Å²) in [6.45, 7) is 4.60. The molecule has 0 spiro atoms. The second kappa shape index (κ2) is 9.82. The van der Waals surface area contributed by atoms with Crippen LogP contribution in [0.15, 0.2) is 53.4 Å². The van der Waals surface area contributed by atoms with Crippen molar-refractivity contribution in [3.63, 3.8) is 0 Å². The van der Waals surface area contributed by atoms with Crippen LogP contribution in [0.2, 0.25) is 0 Å². The number of carbonyl (C=O) groups is 1. The summed E-state index contributed by atoms with van der Waals surface area (Å²) in [5.74, 6) is -0.183. The highest BCUT2D eigenvalue weighted by molar-refractivity contribution is 7.89. The minimum absolute atomic E-state index is 0.0530. The average Bonchev–Trinajstić information content (AvgIpc) is 2.63. The fourth-order valence-electron chi connectivity index (χ4n) is 2.88. The number of nitrogens with one attached hydrogen (secondary N) is 3. The number of benzene rings is 2. The summed E-state index contributed by atoms with van der Waals surface area (Å²) in [4.78, 5) is 13.8. The molecule has 0 aliphatic heterocycles. The van der Waals surface area contributed by atoms with Crippen molar-refractivity contribution in [2.75, 3.05) is 27.2 Å². The van der Waals surface area contributed by atoms with Gasteiger partial charge in [0, 0.05) is 13.0 Å². The minimum atomic E-state index is -3.63. The fraction of sp³-hybridized carbons (Fsp3) is 0.381. The van der Waals surface area contributed by atoms with Gasteiger partial charge in [-0.15, -0.1) is 0 Å². The lowest BCUT2D eigenvalue weighted by Crippen LogP contribution is -3.06. The zero-order valence-electron chi connectivity index (χ0n) is 17.0. The van der Waals surface area contributed by atoms with Gasteiger partial charge in [-0.05, 0) is 42.7 Å². The third-order valence-corrected chi connectivity index (χ3v) is 6.04. The molecule has 0 saturated carbocycles. The largest absolute Gasteiger partial charge is 0.344 e. The van der Waals surface area contributed by atoms with Crippen LogP contribution in [0, 0.1) is 13.8 Å². The Bertz CT molecular complexity index is 896. The molecule has 0 aromatic heterocycles. The van der Waals surface area contributed by atoms with Crippen molar-refractivity contribution in [3.8, 4) is 0 Å². The van der Waals surface area contributed by atoms with E-state index < -0.39 is 10.0 Å². The maximum atomic E-state index is 12.4. The van der Waals surface area contributed by atoms with Crippen molar-refractivity contribution in [1.82, 2.24) is 10.0 Å². The molecule has 0 saturated heterocycles. The summed E-state index contributed by atoms with van der Waals surface area (Å²) in [6, 6.07) is 14.7. The van der Waals surface area contributed by atoms with Gasteiger partial charge in [-0.1, -0.05) is 36.4 Å². The Morgan fingerprint density at radius 1 is 1.04 bits per heavy atom. The Labute approximate surface area is 168 Å². The topological polar surface area (TPSA) is 79.7 Å². The first-order chi connectivity index (χ1) is 13.2. The van der Waals surface area contributed by atoms with Gasteiger partial charge in [0.25, 0.3) is 0 Å². The van der Waals surface area contributed by atoms with Crippen LogP contribution >= 0.6 is 0 Å². The molecule has 6 nitrogen and oxygen atoms in total. The fourth-order valence-corrected chi connectivity index (χ4v) is 3.99. The van der Waals surface area contributed by atoms with E-state index in [4.69, 9.17) is 0 Å². The van der Waals surface area contributed by atoms with Crippen molar-refractivity contribution < 1.29 is 18.1 Å². The van der Waals surface area contributed by atoms with E-state index in [1.807, 2.05) is 58.3 Å². The van der Waals surface area contributed by atoms with Crippen molar-refractivity contribution in [1.29, 1.82) is 0 Å².